The Morgan fingerprint density at radius 1 is 1.04 bits per heavy atom. The largest absolute Gasteiger partial charge is 0.366 e. The van der Waals surface area contributed by atoms with Crippen LogP contribution >= 0.6 is 0 Å². The molecule has 0 aliphatic carbocycles. The Labute approximate surface area is 159 Å². The standard InChI is InChI=1S/C22H22N2O3/c1-15(2)13-24-22(26)21(27-3)19(14-25)20(23-24)18-11-9-17(10-12-18)16-7-5-4-6-8-16/h4-12,15,21H,13H2,1-3H3. The maximum atomic E-state index is 12.6. The van der Waals surface area contributed by atoms with Crippen molar-refractivity contribution in [1.29, 1.82) is 0 Å². The number of carbonyl (C=O) groups excluding carboxylic acids is 2. The highest BCUT2D eigenvalue weighted by Crippen LogP contribution is 2.25. The lowest BCUT2D eigenvalue weighted by molar-refractivity contribution is -0.140. The van der Waals surface area contributed by atoms with Crippen LogP contribution in [0.15, 0.2) is 65.3 Å². The van der Waals surface area contributed by atoms with Crippen molar-refractivity contribution in [3.63, 3.8) is 0 Å². The van der Waals surface area contributed by atoms with Crippen molar-refractivity contribution in [3.8, 4) is 11.1 Å². The summed E-state index contributed by atoms with van der Waals surface area (Å²) in [4.78, 5) is 24.2. The number of rotatable bonds is 5. The van der Waals surface area contributed by atoms with Crippen molar-refractivity contribution in [3.05, 3.63) is 65.7 Å². The first-order chi connectivity index (χ1) is 13.0. The molecule has 1 amide bonds. The molecule has 0 N–H and O–H groups in total. The fraction of sp³-hybridized carbons (Fsp3) is 0.273. The van der Waals surface area contributed by atoms with E-state index in [1.165, 1.54) is 12.1 Å². The van der Waals surface area contributed by atoms with Crippen LogP contribution in [-0.2, 0) is 14.3 Å². The second-order valence-electron chi connectivity index (χ2n) is 6.84. The van der Waals surface area contributed by atoms with Crippen LogP contribution in [0.1, 0.15) is 19.4 Å². The van der Waals surface area contributed by atoms with E-state index in [9.17, 15) is 9.59 Å². The first-order valence-corrected chi connectivity index (χ1v) is 8.89. The second kappa shape index (κ2) is 8.12. The zero-order valence-electron chi connectivity index (χ0n) is 15.7. The molecule has 1 unspecified atom stereocenters. The first-order valence-electron chi connectivity index (χ1n) is 8.89. The second-order valence-corrected chi connectivity index (χ2v) is 6.84. The fourth-order valence-corrected chi connectivity index (χ4v) is 3.07. The highest BCUT2D eigenvalue weighted by atomic mass is 16.5. The monoisotopic (exact) mass is 362 g/mol. The Balaban J connectivity index is 2.01. The van der Waals surface area contributed by atoms with E-state index in [2.05, 4.69) is 5.10 Å². The third-order valence-corrected chi connectivity index (χ3v) is 4.37. The predicted molar refractivity (Wildman–Crippen MR) is 105 cm³/mol. The molecule has 3 rings (SSSR count). The molecule has 0 spiro atoms. The summed E-state index contributed by atoms with van der Waals surface area (Å²) in [6.07, 6.45) is -0.984. The number of carbonyl (C=O) groups is 1. The maximum absolute atomic E-state index is 12.6. The Morgan fingerprint density at radius 2 is 1.63 bits per heavy atom. The van der Waals surface area contributed by atoms with Gasteiger partial charge in [0, 0.05) is 19.2 Å². The molecule has 0 bridgehead atoms. The molecule has 1 aliphatic heterocycles. The summed E-state index contributed by atoms with van der Waals surface area (Å²) >= 11 is 0. The number of nitrogens with zero attached hydrogens (tertiary/aromatic N) is 2. The van der Waals surface area contributed by atoms with E-state index in [0.29, 0.717) is 12.3 Å². The molecule has 27 heavy (non-hydrogen) atoms. The van der Waals surface area contributed by atoms with Crippen molar-refractivity contribution < 1.29 is 14.3 Å². The number of hydrazone groups is 1. The summed E-state index contributed by atoms with van der Waals surface area (Å²) in [7, 11) is 1.41. The lowest BCUT2D eigenvalue weighted by Crippen LogP contribution is -2.46. The Hall–Kier alpha value is -3.01. The molecule has 0 aromatic heterocycles. The Morgan fingerprint density at radius 3 is 2.19 bits per heavy atom. The molecule has 1 atom stereocenters. The van der Waals surface area contributed by atoms with E-state index in [0.717, 1.165) is 16.7 Å². The van der Waals surface area contributed by atoms with Crippen molar-refractivity contribution in [2.75, 3.05) is 13.7 Å². The molecule has 2 aromatic rings. The van der Waals surface area contributed by atoms with E-state index in [1.807, 2.05) is 74.4 Å². The third kappa shape index (κ3) is 3.90. The predicted octanol–water partition coefficient (Wildman–Crippen LogP) is 3.33. The van der Waals surface area contributed by atoms with Gasteiger partial charge in [-0.15, -0.1) is 0 Å². The molecule has 1 heterocycles. The summed E-state index contributed by atoms with van der Waals surface area (Å²) in [5.41, 5.74) is 3.47. The van der Waals surface area contributed by atoms with E-state index in [4.69, 9.17) is 4.74 Å². The minimum absolute atomic E-state index is 0.134. The normalized spacial score (nSPS) is 17.1. The van der Waals surface area contributed by atoms with Crippen LogP contribution < -0.4 is 0 Å². The molecular weight excluding hydrogens is 340 g/mol. The average molecular weight is 362 g/mol. The van der Waals surface area contributed by atoms with Gasteiger partial charge < -0.3 is 4.74 Å². The highest BCUT2D eigenvalue weighted by Gasteiger charge is 2.37. The SMILES string of the molecule is COC1C(=O)N(CC(C)C)N=C(c2ccc(-c3ccccc3)cc2)C1=C=O. The average Bonchev–Trinajstić information content (AvgIpc) is 2.69. The maximum Gasteiger partial charge on any atom is 0.277 e. The van der Waals surface area contributed by atoms with Gasteiger partial charge in [-0.3, -0.25) is 4.79 Å². The van der Waals surface area contributed by atoms with Gasteiger partial charge in [-0.1, -0.05) is 68.4 Å². The number of ether oxygens (including phenoxy) is 1. The topological polar surface area (TPSA) is 59.0 Å². The van der Waals surface area contributed by atoms with Crippen molar-refractivity contribution in [2.24, 2.45) is 11.0 Å². The minimum Gasteiger partial charge on any atom is -0.366 e. The lowest BCUT2D eigenvalue weighted by atomic mass is 9.95. The van der Waals surface area contributed by atoms with Gasteiger partial charge in [0.1, 0.15) is 17.2 Å². The molecule has 0 fully saturated rings. The van der Waals surface area contributed by atoms with E-state index in [-0.39, 0.29) is 17.4 Å². The molecule has 0 radical (unpaired) electrons. The number of hydrogen-bond acceptors (Lipinski definition) is 4. The highest BCUT2D eigenvalue weighted by molar-refractivity contribution is 6.21. The van der Waals surface area contributed by atoms with Gasteiger partial charge in [0.15, 0.2) is 6.10 Å². The summed E-state index contributed by atoms with van der Waals surface area (Å²) in [5, 5.41) is 5.84. The number of hydrogen-bond donors (Lipinski definition) is 0. The zero-order chi connectivity index (χ0) is 19.4. The zero-order valence-corrected chi connectivity index (χ0v) is 15.7. The van der Waals surface area contributed by atoms with Crippen LogP contribution in [0.25, 0.3) is 11.1 Å². The van der Waals surface area contributed by atoms with Crippen LogP contribution in [0, 0.1) is 5.92 Å². The van der Waals surface area contributed by atoms with Gasteiger partial charge in [0.2, 0.25) is 0 Å². The summed E-state index contributed by atoms with van der Waals surface area (Å²) < 4.78 is 5.29. The number of amides is 1. The van der Waals surface area contributed by atoms with E-state index >= 15 is 0 Å². The molecule has 0 saturated carbocycles. The third-order valence-electron chi connectivity index (χ3n) is 4.37. The summed E-state index contributed by atoms with van der Waals surface area (Å²) in [6, 6.07) is 17.8. The number of benzene rings is 2. The van der Waals surface area contributed by atoms with Crippen molar-refractivity contribution in [2.45, 2.75) is 20.0 Å². The molecule has 1 aliphatic rings. The van der Waals surface area contributed by atoms with E-state index in [1.54, 1.807) is 0 Å². The van der Waals surface area contributed by atoms with Gasteiger partial charge in [0.25, 0.3) is 5.91 Å². The van der Waals surface area contributed by atoms with Gasteiger partial charge in [-0.25, -0.2) is 9.80 Å². The van der Waals surface area contributed by atoms with Gasteiger partial charge in [0.05, 0.1) is 0 Å². The molecule has 0 saturated heterocycles. The Bertz CT molecular complexity index is 895. The summed E-state index contributed by atoms with van der Waals surface area (Å²) in [5.74, 6) is 1.76. The van der Waals surface area contributed by atoms with Gasteiger partial charge in [-0.2, -0.15) is 5.10 Å². The van der Waals surface area contributed by atoms with Crippen LogP contribution in [-0.4, -0.2) is 42.3 Å². The molecular formula is C22H22N2O3. The quantitative estimate of drug-likeness (QED) is 0.767. The molecule has 5 nitrogen and oxygen atoms in total. The molecule has 2 aromatic carbocycles. The summed E-state index contributed by atoms with van der Waals surface area (Å²) in [6.45, 7) is 4.46. The van der Waals surface area contributed by atoms with Crippen molar-refractivity contribution >= 4 is 17.6 Å². The van der Waals surface area contributed by atoms with E-state index < -0.39 is 6.10 Å². The molecule has 138 valence electrons. The fourth-order valence-electron chi connectivity index (χ4n) is 3.07. The Kier molecular flexibility index (Phi) is 5.65. The molecule has 5 heteroatoms. The van der Waals surface area contributed by atoms with Crippen molar-refractivity contribution in [1.82, 2.24) is 5.01 Å². The lowest BCUT2D eigenvalue weighted by Gasteiger charge is -2.30. The minimum atomic E-state index is -0.984. The number of methoxy groups -OCH3 is 1. The first kappa shape index (κ1) is 18.8. The smallest absolute Gasteiger partial charge is 0.277 e. The van der Waals surface area contributed by atoms with Gasteiger partial charge >= 0.3 is 0 Å². The van der Waals surface area contributed by atoms with Crippen LogP contribution in [0.4, 0.5) is 0 Å². The van der Waals surface area contributed by atoms with Crippen LogP contribution in [0.3, 0.4) is 0 Å². The van der Waals surface area contributed by atoms with Crippen LogP contribution in [0.5, 0.6) is 0 Å². The van der Waals surface area contributed by atoms with Crippen LogP contribution in [0.2, 0.25) is 0 Å². The van der Waals surface area contributed by atoms with Gasteiger partial charge in [-0.05, 0) is 17.0 Å².